The number of nitrogens with two attached hydrogens (primary N) is 1. The topological polar surface area (TPSA) is 77.2 Å². The van der Waals surface area contributed by atoms with Crippen molar-refractivity contribution in [2.75, 3.05) is 5.75 Å². The van der Waals surface area contributed by atoms with E-state index in [1.807, 2.05) is 0 Å². The van der Waals surface area contributed by atoms with Gasteiger partial charge >= 0.3 is 0 Å². The van der Waals surface area contributed by atoms with Gasteiger partial charge in [0.25, 0.3) is 0 Å². The van der Waals surface area contributed by atoms with Crippen LogP contribution in [-0.4, -0.2) is 20.1 Å². The molecule has 0 unspecified atom stereocenters. The molecule has 4 nitrogen and oxygen atoms in total. The van der Waals surface area contributed by atoms with Crippen LogP contribution in [-0.2, 0) is 14.6 Å². The second-order valence-electron chi connectivity index (χ2n) is 2.66. The largest absolute Gasteiger partial charge is 0.369 e. The van der Waals surface area contributed by atoms with Gasteiger partial charge < -0.3 is 5.73 Å². The van der Waals surface area contributed by atoms with E-state index in [4.69, 9.17) is 5.73 Å². The Balaban J connectivity index is 3.17. The summed E-state index contributed by atoms with van der Waals surface area (Å²) in [6.45, 7) is 0. The van der Waals surface area contributed by atoms with Gasteiger partial charge in [0, 0.05) is 0 Å². The zero-order valence-electron chi connectivity index (χ0n) is 7.10. The number of hydrogen-bond acceptors (Lipinski definition) is 3. The van der Waals surface area contributed by atoms with E-state index in [1.54, 1.807) is 0 Å². The predicted octanol–water partition coefficient (Wildman–Crippen LogP) is 0.0847. The third-order valence-electron chi connectivity index (χ3n) is 1.50. The first kappa shape index (κ1) is 10.6. The molecule has 1 aromatic carbocycles. The minimum absolute atomic E-state index is 0.501. The molecule has 0 spiro atoms. The molecule has 0 aliphatic rings. The molecule has 0 fully saturated rings. The van der Waals surface area contributed by atoms with E-state index in [-0.39, 0.29) is 0 Å². The molecule has 0 heterocycles. The van der Waals surface area contributed by atoms with Gasteiger partial charge in [-0.1, -0.05) is 12.1 Å². The number of carbonyl (C=O) groups is 1. The van der Waals surface area contributed by atoms with Crippen LogP contribution in [0.2, 0.25) is 0 Å². The Kier molecular flexibility index (Phi) is 2.85. The number of halogens is 1. The first-order valence-electron chi connectivity index (χ1n) is 3.69. The molecule has 14 heavy (non-hydrogen) atoms. The maximum absolute atomic E-state index is 13.0. The average Bonchev–Trinajstić information content (AvgIpc) is 2.02. The van der Waals surface area contributed by atoms with E-state index >= 15 is 0 Å². The van der Waals surface area contributed by atoms with Crippen molar-refractivity contribution in [1.82, 2.24) is 0 Å². The van der Waals surface area contributed by atoms with Gasteiger partial charge in [-0.05, 0) is 12.1 Å². The molecule has 0 radical (unpaired) electrons. The van der Waals surface area contributed by atoms with Crippen molar-refractivity contribution in [3.63, 3.8) is 0 Å². The highest BCUT2D eigenvalue weighted by Gasteiger charge is 2.20. The first-order chi connectivity index (χ1) is 6.43. The normalized spacial score (nSPS) is 11.2. The van der Waals surface area contributed by atoms with Crippen LogP contribution in [0.5, 0.6) is 0 Å². The molecular weight excluding hydrogens is 209 g/mol. The van der Waals surface area contributed by atoms with E-state index in [0.717, 1.165) is 12.1 Å². The Bertz CT molecular complexity index is 455. The van der Waals surface area contributed by atoms with Crippen molar-refractivity contribution in [2.45, 2.75) is 4.90 Å². The van der Waals surface area contributed by atoms with Crippen molar-refractivity contribution < 1.29 is 17.6 Å². The molecule has 0 aromatic heterocycles. The van der Waals surface area contributed by atoms with Crippen LogP contribution >= 0.6 is 0 Å². The number of hydrogen-bond donors (Lipinski definition) is 1. The lowest BCUT2D eigenvalue weighted by Crippen LogP contribution is -2.23. The summed E-state index contributed by atoms with van der Waals surface area (Å²) in [4.78, 5) is 9.92. The number of carbonyl (C=O) groups excluding carboxylic acids is 1. The molecule has 2 N–H and O–H groups in total. The first-order valence-corrected chi connectivity index (χ1v) is 5.34. The molecule has 0 aliphatic heterocycles. The van der Waals surface area contributed by atoms with Crippen LogP contribution in [0.25, 0.3) is 0 Å². The van der Waals surface area contributed by atoms with Crippen LogP contribution in [0.15, 0.2) is 29.2 Å². The summed E-state index contributed by atoms with van der Waals surface area (Å²) in [5.41, 5.74) is 4.73. The average molecular weight is 217 g/mol. The maximum Gasteiger partial charge on any atom is 0.233 e. The minimum atomic E-state index is -3.94. The molecule has 1 aromatic rings. The van der Waals surface area contributed by atoms with Crippen LogP contribution in [0, 0.1) is 5.82 Å². The van der Waals surface area contributed by atoms with E-state index in [0.29, 0.717) is 0 Å². The van der Waals surface area contributed by atoms with Crippen molar-refractivity contribution in [1.29, 1.82) is 0 Å². The molecule has 0 saturated heterocycles. The number of primary amides is 1. The Labute approximate surface area is 80.5 Å². The lowest BCUT2D eigenvalue weighted by molar-refractivity contribution is -0.115. The second kappa shape index (κ2) is 3.75. The molecule has 0 saturated carbocycles. The summed E-state index contributed by atoms with van der Waals surface area (Å²) in [6.07, 6.45) is 0. The Morgan fingerprint density at radius 3 is 2.43 bits per heavy atom. The third-order valence-corrected chi connectivity index (χ3v) is 3.17. The van der Waals surface area contributed by atoms with Gasteiger partial charge in [0.2, 0.25) is 5.91 Å². The fraction of sp³-hybridized carbons (Fsp3) is 0.125. The summed E-state index contributed by atoms with van der Waals surface area (Å²) >= 11 is 0. The fourth-order valence-corrected chi connectivity index (χ4v) is 2.14. The zero-order valence-corrected chi connectivity index (χ0v) is 7.92. The molecule has 1 amide bonds. The van der Waals surface area contributed by atoms with Crippen molar-refractivity contribution in [2.24, 2.45) is 5.73 Å². The number of rotatable bonds is 3. The Morgan fingerprint density at radius 1 is 1.36 bits per heavy atom. The van der Waals surface area contributed by atoms with Crippen molar-refractivity contribution in [3.8, 4) is 0 Å². The van der Waals surface area contributed by atoms with Crippen molar-refractivity contribution in [3.05, 3.63) is 30.1 Å². The lowest BCUT2D eigenvalue weighted by Gasteiger charge is -2.02. The molecular formula is C8H8FNO3S. The number of benzene rings is 1. The number of sulfone groups is 1. The zero-order chi connectivity index (χ0) is 10.8. The second-order valence-corrected chi connectivity index (χ2v) is 4.61. The summed E-state index contributed by atoms with van der Waals surface area (Å²) in [7, 11) is -3.94. The van der Waals surface area contributed by atoms with E-state index in [1.165, 1.54) is 12.1 Å². The van der Waals surface area contributed by atoms with Crippen LogP contribution in [0.1, 0.15) is 0 Å². The fourth-order valence-electron chi connectivity index (χ4n) is 0.962. The van der Waals surface area contributed by atoms with Gasteiger partial charge in [0.15, 0.2) is 9.84 Å². The third kappa shape index (κ3) is 2.29. The molecule has 6 heteroatoms. The summed E-state index contributed by atoms with van der Waals surface area (Å²) in [5, 5.41) is 0. The molecule has 0 bridgehead atoms. The summed E-state index contributed by atoms with van der Waals surface area (Å²) < 4.78 is 35.6. The summed E-state index contributed by atoms with van der Waals surface area (Å²) in [6, 6.07) is 4.83. The highest BCUT2D eigenvalue weighted by molar-refractivity contribution is 7.92. The molecule has 1 rings (SSSR count). The monoisotopic (exact) mass is 217 g/mol. The molecule has 0 aliphatic carbocycles. The Morgan fingerprint density at radius 2 is 1.93 bits per heavy atom. The van der Waals surface area contributed by atoms with Gasteiger partial charge in [0.05, 0.1) is 0 Å². The van der Waals surface area contributed by atoms with Gasteiger partial charge in [-0.15, -0.1) is 0 Å². The minimum Gasteiger partial charge on any atom is -0.369 e. The van der Waals surface area contributed by atoms with E-state index in [9.17, 15) is 17.6 Å². The van der Waals surface area contributed by atoms with Gasteiger partial charge in [0.1, 0.15) is 16.5 Å². The quantitative estimate of drug-likeness (QED) is 0.779. The smallest absolute Gasteiger partial charge is 0.233 e. The van der Waals surface area contributed by atoms with Crippen molar-refractivity contribution >= 4 is 15.7 Å². The Hall–Kier alpha value is -1.43. The predicted molar refractivity (Wildman–Crippen MR) is 47.6 cm³/mol. The summed E-state index contributed by atoms with van der Waals surface area (Å²) in [5.74, 6) is -2.77. The van der Waals surface area contributed by atoms with Gasteiger partial charge in [-0.25, -0.2) is 12.8 Å². The standard InChI is InChI=1S/C8H8FNO3S/c9-6-3-1-2-4-7(6)14(12,13)5-8(10)11/h1-4H,5H2,(H2,10,11). The molecule has 0 atom stereocenters. The van der Waals surface area contributed by atoms with Crippen LogP contribution in [0.4, 0.5) is 4.39 Å². The van der Waals surface area contributed by atoms with Crippen LogP contribution in [0.3, 0.4) is 0 Å². The van der Waals surface area contributed by atoms with E-state index in [2.05, 4.69) is 0 Å². The maximum atomic E-state index is 13.0. The van der Waals surface area contributed by atoms with Gasteiger partial charge in [-0.2, -0.15) is 0 Å². The van der Waals surface area contributed by atoms with Crippen LogP contribution < -0.4 is 5.73 Å². The SMILES string of the molecule is NC(=O)CS(=O)(=O)c1ccccc1F. The molecule has 76 valence electrons. The lowest BCUT2D eigenvalue weighted by atomic mass is 10.3. The number of amides is 1. The van der Waals surface area contributed by atoms with E-state index < -0.39 is 32.2 Å². The van der Waals surface area contributed by atoms with Gasteiger partial charge in [-0.3, -0.25) is 4.79 Å². The highest BCUT2D eigenvalue weighted by atomic mass is 32.2. The highest BCUT2D eigenvalue weighted by Crippen LogP contribution is 2.14.